The molecule has 0 amide bonds. The highest BCUT2D eigenvalue weighted by Gasteiger charge is 2.05. The van der Waals surface area contributed by atoms with Gasteiger partial charge in [-0.25, -0.2) is 4.79 Å². The van der Waals surface area contributed by atoms with Crippen molar-refractivity contribution in [1.29, 1.82) is 0 Å². The SMILES string of the molecule is Cc1ccc(C(=O)O/N=C/c2ccc(N(C)C)cc2)cc1. The van der Waals surface area contributed by atoms with Crippen LogP contribution in [-0.4, -0.2) is 26.3 Å². The van der Waals surface area contributed by atoms with Gasteiger partial charge in [-0.3, -0.25) is 0 Å². The Bertz CT molecular complexity index is 629. The Morgan fingerprint density at radius 1 is 1.05 bits per heavy atom. The number of benzene rings is 2. The van der Waals surface area contributed by atoms with Crippen molar-refractivity contribution in [2.24, 2.45) is 5.16 Å². The van der Waals surface area contributed by atoms with Crippen LogP contribution in [0, 0.1) is 6.92 Å². The molecule has 0 aliphatic carbocycles. The Hall–Kier alpha value is -2.62. The van der Waals surface area contributed by atoms with Crippen LogP contribution in [0.25, 0.3) is 0 Å². The predicted octanol–water partition coefficient (Wildman–Crippen LogP) is 3.25. The van der Waals surface area contributed by atoms with Crippen molar-refractivity contribution in [2.75, 3.05) is 19.0 Å². The summed E-state index contributed by atoms with van der Waals surface area (Å²) in [6.07, 6.45) is 1.52. The lowest BCUT2D eigenvalue weighted by atomic mass is 10.2. The van der Waals surface area contributed by atoms with E-state index in [1.54, 1.807) is 12.1 Å². The summed E-state index contributed by atoms with van der Waals surface area (Å²) in [5.74, 6) is -0.462. The van der Waals surface area contributed by atoms with Crippen molar-refractivity contribution in [3.05, 3.63) is 65.2 Å². The number of hydrogen-bond acceptors (Lipinski definition) is 4. The summed E-state index contributed by atoms with van der Waals surface area (Å²) in [6, 6.07) is 14.9. The summed E-state index contributed by atoms with van der Waals surface area (Å²) in [4.78, 5) is 18.6. The molecule has 0 atom stereocenters. The number of hydrogen-bond donors (Lipinski definition) is 0. The maximum Gasteiger partial charge on any atom is 0.365 e. The van der Waals surface area contributed by atoms with Crippen LogP contribution in [0.4, 0.5) is 5.69 Å². The van der Waals surface area contributed by atoms with Crippen LogP contribution in [-0.2, 0) is 4.84 Å². The van der Waals surface area contributed by atoms with E-state index in [9.17, 15) is 4.79 Å². The molecule has 0 aliphatic rings. The summed E-state index contributed by atoms with van der Waals surface area (Å²) in [7, 11) is 3.96. The molecule has 0 spiro atoms. The van der Waals surface area contributed by atoms with Gasteiger partial charge in [0.05, 0.1) is 11.8 Å². The van der Waals surface area contributed by atoms with Crippen LogP contribution in [0.1, 0.15) is 21.5 Å². The molecule has 2 aromatic carbocycles. The van der Waals surface area contributed by atoms with Gasteiger partial charge in [0, 0.05) is 19.8 Å². The van der Waals surface area contributed by atoms with Gasteiger partial charge in [-0.2, -0.15) is 0 Å². The van der Waals surface area contributed by atoms with Crippen LogP contribution >= 0.6 is 0 Å². The van der Waals surface area contributed by atoms with Crippen molar-refractivity contribution in [3.63, 3.8) is 0 Å². The summed E-state index contributed by atoms with van der Waals surface area (Å²) in [5.41, 5.74) is 3.55. The Labute approximate surface area is 124 Å². The topological polar surface area (TPSA) is 41.9 Å². The molecule has 2 rings (SSSR count). The van der Waals surface area contributed by atoms with E-state index in [0.29, 0.717) is 5.56 Å². The van der Waals surface area contributed by atoms with Crippen molar-refractivity contribution >= 4 is 17.9 Å². The lowest BCUT2D eigenvalue weighted by Gasteiger charge is -2.11. The second-order valence-electron chi connectivity index (χ2n) is 4.97. The van der Waals surface area contributed by atoms with E-state index in [2.05, 4.69) is 5.16 Å². The normalized spacial score (nSPS) is 10.6. The van der Waals surface area contributed by atoms with Gasteiger partial charge in [-0.05, 0) is 36.8 Å². The first-order valence-electron chi connectivity index (χ1n) is 6.65. The van der Waals surface area contributed by atoms with Gasteiger partial charge in [0.25, 0.3) is 0 Å². The minimum absolute atomic E-state index is 0.462. The maximum absolute atomic E-state index is 11.7. The minimum atomic E-state index is -0.462. The van der Waals surface area contributed by atoms with E-state index in [4.69, 9.17) is 4.84 Å². The predicted molar refractivity (Wildman–Crippen MR) is 85.0 cm³/mol. The molecule has 21 heavy (non-hydrogen) atoms. The number of rotatable bonds is 4. The van der Waals surface area contributed by atoms with Gasteiger partial charge >= 0.3 is 5.97 Å². The molecule has 108 valence electrons. The van der Waals surface area contributed by atoms with Gasteiger partial charge in [-0.1, -0.05) is 35.0 Å². The standard InChI is InChI=1S/C17H18N2O2/c1-13-4-8-15(9-5-13)17(20)21-18-12-14-6-10-16(11-7-14)19(2)3/h4-12H,1-3H3/b18-12+. The van der Waals surface area contributed by atoms with Gasteiger partial charge in [0.2, 0.25) is 0 Å². The Kier molecular flexibility index (Phi) is 4.72. The first-order valence-corrected chi connectivity index (χ1v) is 6.65. The van der Waals surface area contributed by atoms with Crippen LogP contribution < -0.4 is 4.90 Å². The number of carbonyl (C=O) groups is 1. The van der Waals surface area contributed by atoms with Crippen LogP contribution in [0.3, 0.4) is 0 Å². The molecule has 0 saturated carbocycles. The fourth-order valence-corrected chi connectivity index (χ4v) is 1.74. The monoisotopic (exact) mass is 282 g/mol. The van der Waals surface area contributed by atoms with Crippen molar-refractivity contribution < 1.29 is 9.63 Å². The number of anilines is 1. The number of nitrogens with zero attached hydrogens (tertiary/aromatic N) is 2. The zero-order chi connectivity index (χ0) is 15.2. The average molecular weight is 282 g/mol. The molecule has 0 unspecified atom stereocenters. The summed E-state index contributed by atoms with van der Waals surface area (Å²) in [5, 5.41) is 3.73. The average Bonchev–Trinajstić information content (AvgIpc) is 2.48. The third kappa shape index (κ3) is 4.18. The lowest BCUT2D eigenvalue weighted by molar-refractivity contribution is 0.0519. The zero-order valence-electron chi connectivity index (χ0n) is 12.4. The Morgan fingerprint density at radius 3 is 2.24 bits per heavy atom. The summed E-state index contributed by atoms with van der Waals surface area (Å²) >= 11 is 0. The molecule has 4 nitrogen and oxygen atoms in total. The number of oxime groups is 1. The van der Waals surface area contributed by atoms with Crippen molar-refractivity contribution in [2.45, 2.75) is 6.92 Å². The number of carbonyl (C=O) groups excluding carboxylic acids is 1. The summed E-state index contributed by atoms with van der Waals surface area (Å²) in [6.45, 7) is 1.96. The van der Waals surface area contributed by atoms with E-state index in [1.165, 1.54) is 6.21 Å². The molecule has 0 heterocycles. The molecular weight excluding hydrogens is 264 g/mol. The number of aryl methyl sites for hydroxylation is 1. The molecule has 0 bridgehead atoms. The van der Waals surface area contributed by atoms with Gasteiger partial charge in [0.15, 0.2) is 0 Å². The molecule has 0 aromatic heterocycles. The molecule has 0 fully saturated rings. The highest BCUT2D eigenvalue weighted by atomic mass is 16.7. The Morgan fingerprint density at radius 2 is 1.67 bits per heavy atom. The van der Waals surface area contributed by atoms with Crippen molar-refractivity contribution in [3.8, 4) is 0 Å². The molecule has 0 saturated heterocycles. The first-order chi connectivity index (χ1) is 10.1. The smallest absolute Gasteiger partial charge is 0.365 e. The van der Waals surface area contributed by atoms with E-state index < -0.39 is 5.97 Å². The minimum Gasteiger partial charge on any atom is -0.378 e. The van der Waals surface area contributed by atoms with E-state index in [0.717, 1.165) is 16.8 Å². The Balaban J connectivity index is 1.95. The zero-order valence-corrected chi connectivity index (χ0v) is 12.4. The largest absolute Gasteiger partial charge is 0.378 e. The van der Waals surface area contributed by atoms with Crippen LogP contribution in [0.5, 0.6) is 0 Å². The van der Waals surface area contributed by atoms with Gasteiger partial charge < -0.3 is 9.74 Å². The molecule has 0 aliphatic heterocycles. The fraction of sp³-hybridized carbons (Fsp3) is 0.176. The molecule has 4 heteroatoms. The highest BCUT2D eigenvalue weighted by molar-refractivity contribution is 5.90. The van der Waals surface area contributed by atoms with Crippen LogP contribution in [0.2, 0.25) is 0 Å². The first kappa shape index (κ1) is 14.8. The lowest BCUT2D eigenvalue weighted by Crippen LogP contribution is -2.08. The maximum atomic E-state index is 11.7. The quantitative estimate of drug-likeness (QED) is 0.491. The van der Waals surface area contributed by atoms with E-state index in [1.807, 2.05) is 62.3 Å². The molecule has 2 aromatic rings. The van der Waals surface area contributed by atoms with Crippen molar-refractivity contribution in [1.82, 2.24) is 0 Å². The second-order valence-corrected chi connectivity index (χ2v) is 4.97. The molecule has 0 radical (unpaired) electrons. The second kappa shape index (κ2) is 6.70. The molecule has 0 N–H and O–H groups in total. The molecular formula is C17H18N2O2. The third-order valence-electron chi connectivity index (χ3n) is 3.03. The van der Waals surface area contributed by atoms with Gasteiger partial charge in [-0.15, -0.1) is 0 Å². The van der Waals surface area contributed by atoms with E-state index >= 15 is 0 Å². The van der Waals surface area contributed by atoms with Crippen LogP contribution in [0.15, 0.2) is 53.7 Å². The van der Waals surface area contributed by atoms with E-state index in [-0.39, 0.29) is 0 Å². The van der Waals surface area contributed by atoms with Gasteiger partial charge in [0.1, 0.15) is 0 Å². The highest BCUT2D eigenvalue weighted by Crippen LogP contribution is 2.11. The third-order valence-corrected chi connectivity index (χ3v) is 3.03. The summed E-state index contributed by atoms with van der Waals surface area (Å²) < 4.78 is 0. The fourth-order valence-electron chi connectivity index (χ4n) is 1.74.